The van der Waals surface area contributed by atoms with Crippen molar-refractivity contribution >= 4 is 11.9 Å². The molecule has 0 spiro atoms. The molecule has 2 unspecified atom stereocenters. The number of aliphatic carboxylic acids is 2. The first-order valence-electron chi connectivity index (χ1n) is 6.31. The van der Waals surface area contributed by atoms with Crippen molar-refractivity contribution in [1.29, 1.82) is 0 Å². The first kappa shape index (κ1) is 22.7. The van der Waals surface area contributed by atoms with Crippen LogP contribution < -0.4 is 21.7 Å². The number of hydrogen-bond acceptors (Lipinski definition) is 8. The summed E-state index contributed by atoms with van der Waals surface area (Å²) in [6.45, 7) is 6.99. The van der Waals surface area contributed by atoms with Crippen LogP contribution in [0, 0.1) is 5.92 Å². The van der Waals surface area contributed by atoms with Crippen LogP contribution in [0.3, 0.4) is 0 Å². The van der Waals surface area contributed by atoms with Gasteiger partial charge in [0, 0.05) is 37.4 Å². The van der Waals surface area contributed by atoms with E-state index in [0.29, 0.717) is 19.0 Å². The van der Waals surface area contributed by atoms with E-state index in [2.05, 4.69) is 13.8 Å². The van der Waals surface area contributed by atoms with Crippen molar-refractivity contribution in [3.63, 3.8) is 0 Å². The molecule has 1 fully saturated rings. The standard InChI is InChI=1S/C9H20N2O2.C3H4O4.Pt/c1-6(2)9(3)12-7(4-10)8(5-11)13-9;4-2(5)1-3(6)7;/h6-8H,4-5,10-11H2,1-3H3;1H2,(H,4,5)(H,6,7);/q;;+2/p-2. The topological polar surface area (TPSA) is 151 Å². The van der Waals surface area contributed by atoms with Crippen LogP contribution in [-0.4, -0.2) is 43.0 Å². The largest absolute Gasteiger partial charge is 2.00 e. The number of hydrogen-bond donors (Lipinski definition) is 2. The van der Waals surface area contributed by atoms with Gasteiger partial charge in [0.2, 0.25) is 0 Å². The van der Waals surface area contributed by atoms with E-state index in [1.54, 1.807) is 0 Å². The molecule has 1 heterocycles. The summed E-state index contributed by atoms with van der Waals surface area (Å²) >= 11 is 0. The van der Waals surface area contributed by atoms with Crippen molar-refractivity contribution in [3.05, 3.63) is 0 Å². The second-order valence-electron chi connectivity index (χ2n) is 4.88. The minimum Gasteiger partial charge on any atom is -0.550 e. The smallest absolute Gasteiger partial charge is 0.550 e. The van der Waals surface area contributed by atoms with Gasteiger partial charge >= 0.3 is 21.1 Å². The number of carbonyl (C=O) groups is 2. The van der Waals surface area contributed by atoms with E-state index < -0.39 is 24.1 Å². The third-order valence-corrected chi connectivity index (χ3v) is 2.99. The van der Waals surface area contributed by atoms with Gasteiger partial charge in [0.05, 0.1) is 0 Å². The van der Waals surface area contributed by atoms with Crippen LogP contribution in [-0.2, 0) is 40.1 Å². The molecule has 9 heteroatoms. The molecule has 21 heavy (non-hydrogen) atoms. The zero-order valence-electron chi connectivity index (χ0n) is 12.3. The first-order valence-corrected chi connectivity index (χ1v) is 6.31. The van der Waals surface area contributed by atoms with Crippen molar-refractivity contribution in [3.8, 4) is 0 Å². The fourth-order valence-corrected chi connectivity index (χ4v) is 1.57. The molecule has 1 rings (SSSR count). The Balaban J connectivity index is 0. The molecule has 126 valence electrons. The second-order valence-corrected chi connectivity index (χ2v) is 4.88. The Labute approximate surface area is 138 Å². The maximum Gasteiger partial charge on any atom is 2.00 e. The monoisotopic (exact) mass is 485 g/mol. The molecule has 0 radical (unpaired) electrons. The summed E-state index contributed by atoms with van der Waals surface area (Å²) < 4.78 is 11.5. The zero-order chi connectivity index (χ0) is 15.9. The maximum atomic E-state index is 9.28. The number of nitrogens with two attached hydrogens (primary N) is 2. The summed E-state index contributed by atoms with van der Waals surface area (Å²) in [4.78, 5) is 18.6. The van der Waals surface area contributed by atoms with Crippen LogP contribution in [0.25, 0.3) is 0 Å². The average Bonchev–Trinajstić information content (AvgIpc) is 2.66. The van der Waals surface area contributed by atoms with Gasteiger partial charge in [-0.15, -0.1) is 0 Å². The zero-order valence-corrected chi connectivity index (χ0v) is 14.5. The molecule has 4 N–H and O–H groups in total. The molecule has 0 aromatic rings. The fourth-order valence-electron chi connectivity index (χ4n) is 1.57. The Morgan fingerprint density at radius 1 is 1.10 bits per heavy atom. The molecule has 0 amide bonds. The van der Waals surface area contributed by atoms with E-state index in [4.69, 9.17) is 20.9 Å². The van der Waals surface area contributed by atoms with Crippen LogP contribution in [0.1, 0.15) is 27.2 Å². The van der Waals surface area contributed by atoms with E-state index in [1.165, 1.54) is 0 Å². The number of carboxylic acid groups (broad SMARTS) is 2. The third kappa shape index (κ3) is 7.87. The molecule has 0 saturated carbocycles. The van der Waals surface area contributed by atoms with Gasteiger partial charge in [0.15, 0.2) is 5.79 Å². The van der Waals surface area contributed by atoms with Crippen molar-refractivity contribution in [2.24, 2.45) is 17.4 Å². The van der Waals surface area contributed by atoms with E-state index in [0.717, 1.165) is 0 Å². The average molecular weight is 485 g/mol. The normalized spacial score (nSPS) is 27.5. The van der Waals surface area contributed by atoms with Crippen molar-refractivity contribution in [2.75, 3.05) is 13.1 Å². The van der Waals surface area contributed by atoms with Gasteiger partial charge in [-0.25, -0.2) is 0 Å². The molecule has 0 aliphatic carbocycles. The Morgan fingerprint density at radius 2 is 1.43 bits per heavy atom. The van der Waals surface area contributed by atoms with Crippen LogP contribution in [0.2, 0.25) is 0 Å². The summed E-state index contributed by atoms with van der Waals surface area (Å²) in [6.07, 6.45) is -1.14. The molecular formula is C12H22N2O6Pt. The van der Waals surface area contributed by atoms with Crippen LogP contribution >= 0.6 is 0 Å². The Morgan fingerprint density at radius 3 is 1.57 bits per heavy atom. The third-order valence-electron chi connectivity index (χ3n) is 2.99. The molecule has 1 aliphatic rings. The van der Waals surface area contributed by atoms with Gasteiger partial charge in [-0.05, 0) is 6.92 Å². The van der Waals surface area contributed by atoms with Crippen LogP contribution in [0.4, 0.5) is 0 Å². The Bertz CT molecular complexity index is 316. The predicted molar refractivity (Wildman–Crippen MR) is 65.7 cm³/mol. The van der Waals surface area contributed by atoms with Gasteiger partial charge in [-0.1, -0.05) is 13.8 Å². The fraction of sp³-hybridized carbons (Fsp3) is 0.833. The minimum atomic E-state index is -1.63. The summed E-state index contributed by atoms with van der Waals surface area (Å²) in [7, 11) is 0. The van der Waals surface area contributed by atoms with Gasteiger partial charge in [-0.2, -0.15) is 0 Å². The van der Waals surface area contributed by atoms with Gasteiger partial charge in [-0.3, -0.25) is 0 Å². The molecule has 0 aromatic carbocycles. The summed E-state index contributed by atoms with van der Waals surface area (Å²) in [5.74, 6) is -3.47. The number of carboxylic acids is 2. The Hall–Kier alpha value is -0.532. The molecule has 1 saturated heterocycles. The summed E-state index contributed by atoms with van der Waals surface area (Å²) in [5, 5.41) is 18.6. The molecule has 1 aliphatic heterocycles. The quantitative estimate of drug-likeness (QED) is 0.390. The van der Waals surface area contributed by atoms with E-state index in [9.17, 15) is 19.8 Å². The summed E-state index contributed by atoms with van der Waals surface area (Å²) in [5.41, 5.74) is 11.1. The van der Waals surface area contributed by atoms with E-state index in [-0.39, 0.29) is 33.3 Å². The number of ether oxygens (including phenoxy) is 2. The Kier molecular flexibility index (Phi) is 11.1. The molecular weight excluding hydrogens is 463 g/mol. The number of carbonyl (C=O) groups excluding carboxylic acids is 2. The van der Waals surface area contributed by atoms with E-state index >= 15 is 0 Å². The first-order chi connectivity index (χ1) is 9.16. The van der Waals surface area contributed by atoms with Crippen LogP contribution in [0.15, 0.2) is 0 Å². The minimum absolute atomic E-state index is 0. The van der Waals surface area contributed by atoms with Crippen molar-refractivity contribution in [2.45, 2.75) is 45.2 Å². The predicted octanol–water partition coefficient (Wildman–Crippen LogP) is -3.07. The van der Waals surface area contributed by atoms with Crippen LogP contribution in [0.5, 0.6) is 0 Å². The number of rotatable bonds is 5. The second kappa shape index (κ2) is 10.2. The van der Waals surface area contributed by atoms with Gasteiger partial charge in [0.1, 0.15) is 12.2 Å². The van der Waals surface area contributed by atoms with Crippen molar-refractivity contribution in [1.82, 2.24) is 0 Å². The van der Waals surface area contributed by atoms with Gasteiger partial charge in [0.25, 0.3) is 0 Å². The SMILES string of the molecule is CC(C)C1(C)OC(CN)C(CN)O1.O=C([O-])CC(=O)[O-].[Pt+2]. The van der Waals surface area contributed by atoms with Gasteiger partial charge < -0.3 is 40.7 Å². The van der Waals surface area contributed by atoms with E-state index in [1.807, 2.05) is 6.92 Å². The molecule has 0 aromatic heterocycles. The molecule has 8 nitrogen and oxygen atoms in total. The molecule has 2 atom stereocenters. The van der Waals surface area contributed by atoms with Crippen molar-refractivity contribution < 1.29 is 50.3 Å². The molecule has 0 bridgehead atoms. The summed E-state index contributed by atoms with van der Waals surface area (Å²) in [6, 6.07) is 0. The maximum absolute atomic E-state index is 9.28.